The Morgan fingerprint density at radius 2 is 1.85 bits per heavy atom. The van der Waals surface area contributed by atoms with Gasteiger partial charge in [0.05, 0.1) is 12.2 Å². The summed E-state index contributed by atoms with van der Waals surface area (Å²) in [6.45, 7) is 1.01. The van der Waals surface area contributed by atoms with Crippen molar-refractivity contribution in [3.05, 3.63) is 89.6 Å². The Balaban J connectivity index is 1.51. The maximum absolute atomic E-state index is 12.9. The van der Waals surface area contributed by atoms with Crippen LogP contribution in [-0.4, -0.2) is 22.4 Å². The second kappa shape index (κ2) is 8.71. The van der Waals surface area contributed by atoms with Crippen molar-refractivity contribution in [1.29, 1.82) is 0 Å². The van der Waals surface area contributed by atoms with E-state index in [4.69, 9.17) is 0 Å². The minimum Gasteiger partial charge on any atom is -0.364 e. The van der Waals surface area contributed by atoms with Gasteiger partial charge in [0.15, 0.2) is 0 Å². The van der Waals surface area contributed by atoms with Crippen molar-refractivity contribution in [2.45, 2.75) is 13.0 Å². The lowest BCUT2D eigenvalue weighted by atomic mass is 10.1. The molecular weight excluding hydrogens is 331 g/mol. The monoisotopic (exact) mass is 350 g/mol. The molecule has 0 spiro atoms. The first-order valence-electron chi connectivity index (χ1n) is 8.33. The molecule has 5 nitrogen and oxygen atoms in total. The maximum Gasteiger partial charge on any atom is 0.251 e. The van der Waals surface area contributed by atoms with E-state index in [1.54, 1.807) is 36.7 Å². The van der Waals surface area contributed by atoms with Gasteiger partial charge in [-0.25, -0.2) is 9.37 Å². The number of hydrogen-bond acceptors (Lipinski definition) is 4. The topological polar surface area (TPSA) is 66.9 Å². The Kier molecular flexibility index (Phi) is 5.88. The van der Waals surface area contributed by atoms with Crippen molar-refractivity contribution < 1.29 is 9.18 Å². The summed E-state index contributed by atoms with van der Waals surface area (Å²) in [5.41, 5.74) is 2.39. The molecule has 2 heterocycles. The zero-order valence-corrected chi connectivity index (χ0v) is 14.2. The molecule has 0 atom stereocenters. The summed E-state index contributed by atoms with van der Waals surface area (Å²) >= 11 is 0. The SMILES string of the molecule is O=C(NCCc1ccc(F)cc1)c1ccnc(NCc2ccccn2)c1. The van der Waals surface area contributed by atoms with E-state index in [2.05, 4.69) is 20.6 Å². The number of nitrogens with one attached hydrogen (secondary N) is 2. The van der Waals surface area contributed by atoms with Gasteiger partial charge in [0.25, 0.3) is 5.91 Å². The van der Waals surface area contributed by atoms with Crippen molar-refractivity contribution >= 4 is 11.7 Å². The van der Waals surface area contributed by atoms with Crippen LogP contribution in [0.4, 0.5) is 10.2 Å². The van der Waals surface area contributed by atoms with Gasteiger partial charge >= 0.3 is 0 Å². The lowest BCUT2D eigenvalue weighted by Crippen LogP contribution is -2.25. The van der Waals surface area contributed by atoms with Gasteiger partial charge in [-0.15, -0.1) is 0 Å². The minimum atomic E-state index is -0.264. The molecule has 0 saturated heterocycles. The molecular formula is C20H19FN4O. The quantitative estimate of drug-likeness (QED) is 0.687. The predicted molar refractivity (Wildman–Crippen MR) is 98.2 cm³/mol. The van der Waals surface area contributed by atoms with Crippen molar-refractivity contribution in [3.8, 4) is 0 Å². The first-order valence-corrected chi connectivity index (χ1v) is 8.33. The standard InChI is InChI=1S/C20H19FN4O/c21-17-6-4-15(5-7-17)8-11-24-20(26)16-9-12-23-19(13-16)25-14-18-3-1-2-10-22-18/h1-7,9-10,12-13H,8,11,14H2,(H,23,25)(H,24,26). The van der Waals surface area contributed by atoms with Crippen LogP contribution in [0, 0.1) is 5.82 Å². The molecule has 0 fully saturated rings. The van der Waals surface area contributed by atoms with Gasteiger partial charge in [-0.05, 0) is 48.4 Å². The normalized spacial score (nSPS) is 10.3. The highest BCUT2D eigenvalue weighted by molar-refractivity contribution is 5.94. The summed E-state index contributed by atoms with van der Waals surface area (Å²) in [4.78, 5) is 20.7. The summed E-state index contributed by atoms with van der Waals surface area (Å²) in [5, 5.41) is 6.02. The summed E-state index contributed by atoms with van der Waals surface area (Å²) in [7, 11) is 0. The number of hydrogen-bond donors (Lipinski definition) is 2. The van der Waals surface area contributed by atoms with E-state index >= 15 is 0 Å². The van der Waals surface area contributed by atoms with Crippen LogP contribution < -0.4 is 10.6 Å². The van der Waals surface area contributed by atoms with Crippen LogP contribution in [0.3, 0.4) is 0 Å². The molecule has 0 bridgehead atoms. The largest absolute Gasteiger partial charge is 0.364 e. The summed E-state index contributed by atoms with van der Waals surface area (Å²) in [5.74, 6) is 0.178. The average Bonchev–Trinajstić information content (AvgIpc) is 2.69. The van der Waals surface area contributed by atoms with Gasteiger partial charge in [0.2, 0.25) is 0 Å². The third kappa shape index (κ3) is 5.11. The number of halogens is 1. The van der Waals surface area contributed by atoms with Crippen LogP contribution in [-0.2, 0) is 13.0 Å². The third-order valence-electron chi connectivity index (χ3n) is 3.81. The fourth-order valence-corrected chi connectivity index (χ4v) is 2.43. The number of amides is 1. The molecule has 132 valence electrons. The molecule has 1 amide bonds. The van der Waals surface area contributed by atoms with E-state index in [9.17, 15) is 9.18 Å². The highest BCUT2D eigenvalue weighted by atomic mass is 19.1. The number of benzene rings is 1. The van der Waals surface area contributed by atoms with Crippen molar-refractivity contribution in [2.75, 3.05) is 11.9 Å². The van der Waals surface area contributed by atoms with E-state index in [0.29, 0.717) is 30.9 Å². The molecule has 2 N–H and O–H groups in total. The highest BCUT2D eigenvalue weighted by Crippen LogP contribution is 2.09. The molecule has 0 radical (unpaired) electrons. The Morgan fingerprint density at radius 3 is 2.62 bits per heavy atom. The predicted octanol–water partition coefficient (Wildman–Crippen LogP) is 3.20. The molecule has 1 aromatic carbocycles. The van der Waals surface area contributed by atoms with Crippen LogP contribution >= 0.6 is 0 Å². The van der Waals surface area contributed by atoms with Gasteiger partial charge < -0.3 is 10.6 Å². The summed E-state index contributed by atoms with van der Waals surface area (Å²) < 4.78 is 12.9. The number of carbonyl (C=O) groups excluding carboxylic acids is 1. The Hall–Kier alpha value is -3.28. The fourth-order valence-electron chi connectivity index (χ4n) is 2.43. The van der Waals surface area contributed by atoms with Crippen molar-refractivity contribution in [3.63, 3.8) is 0 Å². The van der Waals surface area contributed by atoms with E-state index in [-0.39, 0.29) is 11.7 Å². The van der Waals surface area contributed by atoms with Crippen LogP contribution in [0.15, 0.2) is 67.0 Å². The summed E-state index contributed by atoms with van der Waals surface area (Å²) in [6, 6.07) is 15.3. The van der Waals surface area contributed by atoms with Gasteiger partial charge in [0.1, 0.15) is 11.6 Å². The van der Waals surface area contributed by atoms with Crippen molar-refractivity contribution in [1.82, 2.24) is 15.3 Å². The van der Waals surface area contributed by atoms with E-state index in [0.717, 1.165) is 11.3 Å². The molecule has 6 heteroatoms. The zero-order chi connectivity index (χ0) is 18.2. The molecule has 2 aromatic heterocycles. The number of anilines is 1. The van der Waals surface area contributed by atoms with Gasteiger partial charge in [0, 0.05) is 24.5 Å². The van der Waals surface area contributed by atoms with Crippen LogP contribution in [0.1, 0.15) is 21.6 Å². The average molecular weight is 350 g/mol. The van der Waals surface area contributed by atoms with Gasteiger partial charge in [-0.2, -0.15) is 0 Å². The van der Waals surface area contributed by atoms with Crippen molar-refractivity contribution in [2.24, 2.45) is 0 Å². The Morgan fingerprint density at radius 1 is 1.00 bits per heavy atom. The highest BCUT2D eigenvalue weighted by Gasteiger charge is 2.07. The number of carbonyl (C=O) groups is 1. The summed E-state index contributed by atoms with van der Waals surface area (Å²) in [6.07, 6.45) is 3.97. The number of rotatable bonds is 7. The van der Waals surface area contributed by atoms with Gasteiger partial charge in [-0.1, -0.05) is 18.2 Å². The fraction of sp³-hybridized carbons (Fsp3) is 0.150. The third-order valence-corrected chi connectivity index (χ3v) is 3.81. The molecule has 0 saturated carbocycles. The Bertz CT molecular complexity index is 853. The van der Waals surface area contributed by atoms with Crippen LogP contribution in [0.2, 0.25) is 0 Å². The minimum absolute atomic E-state index is 0.171. The van der Waals surface area contributed by atoms with E-state index in [1.807, 2.05) is 18.2 Å². The number of pyridine rings is 2. The van der Waals surface area contributed by atoms with Crippen LogP contribution in [0.25, 0.3) is 0 Å². The first kappa shape index (κ1) is 17.5. The number of nitrogens with zero attached hydrogens (tertiary/aromatic N) is 2. The second-order valence-electron chi connectivity index (χ2n) is 5.74. The smallest absolute Gasteiger partial charge is 0.251 e. The zero-order valence-electron chi connectivity index (χ0n) is 14.2. The molecule has 0 aliphatic rings. The maximum atomic E-state index is 12.9. The Labute approximate surface area is 151 Å². The molecule has 0 aliphatic carbocycles. The number of aromatic nitrogens is 2. The van der Waals surface area contributed by atoms with E-state index in [1.165, 1.54) is 12.1 Å². The molecule has 3 aromatic rings. The molecule has 3 rings (SSSR count). The lowest BCUT2D eigenvalue weighted by Gasteiger charge is -2.08. The molecule has 0 unspecified atom stereocenters. The molecule has 26 heavy (non-hydrogen) atoms. The second-order valence-corrected chi connectivity index (χ2v) is 5.74. The van der Waals surface area contributed by atoms with E-state index < -0.39 is 0 Å². The van der Waals surface area contributed by atoms with Crippen LogP contribution in [0.5, 0.6) is 0 Å². The van der Waals surface area contributed by atoms with Gasteiger partial charge in [-0.3, -0.25) is 9.78 Å². The lowest BCUT2D eigenvalue weighted by molar-refractivity contribution is 0.0954. The molecule has 0 aliphatic heterocycles. The first-order chi connectivity index (χ1) is 12.7.